The van der Waals surface area contributed by atoms with Gasteiger partial charge in [0.25, 0.3) is 0 Å². The minimum Gasteiger partial charge on any atom is -0.327 e. The van der Waals surface area contributed by atoms with E-state index in [4.69, 9.17) is 5.73 Å². The SMILES string of the molecule is NC1CCCC1Sc1nnnn1C1CCCC1. The monoisotopic (exact) mass is 253 g/mol. The van der Waals surface area contributed by atoms with E-state index in [0.717, 1.165) is 11.6 Å². The number of hydrogen-bond acceptors (Lipinski definition) is 5. The molecule has 1 aromatic rings. The van der Waals surface area contributed by atoms with Crippen molar-refractivity contribution >= 4 is 11.8 Å². The molecule has 2 aliphatic carbocycles. The zero-order valence-corrected chi connectivity index (χ0v) is 10.8. The van der Waals surface area contributed by atoms with E-state index in [9.17, 15) is 0 Å². The molecule has 0 saturated heterocycles. The molecule has 0 amide bonds. The molecule has 3 rings (SSSR count). The van der Waals surface area contributed by atoms with Gasteiger partial charge in [-0.15, -0.1) is 5.10 Å². The number of nitrogens with zero attached hydrogens (tertiary/aromatic N) is 4. The largest absolute Gasteiger partial charge is 0.327 e. The highest BCUT2D eigenvalue weighted by Crippen LogP contribution is 2.36. The molecule has 6 heteroatoms. The lowest BCUT2D eigenvalue weighted by Crippen LogP contribution is -2.27. The Bertz CT molecular complexity index is 374. The third kappa shape index (κ3) is 2.33. The molecule has 5 nitrogen and oxygen atoms in total. The van der Waals surface area contributed by atoms with Crippen molar-refractivity contribution in [2.45, 2.75) is 67.4 Å². The number of hydrogen-bond donors (Lipinski definition) is 1. The molecule has 1 heterocycles. The van der Waals surface area contributed by atoms with E-state index in [0.29, 0.717) is 17.3 Å². The number of rotatable bonds is 3. The van der Waals surface area contributed by atoms with E-state index >= 15 is 0 Å². The Labute approximate surface area is 106 Å². The summed E-state index contributed by atoms with van der Waals surface area (Å²) >= 11 is 1.78. The van der Waals surface area contributed by atoms with Gasteiger partial charge in [0.2, 0.25) is 5.16 Å². The summed E-state index contributed by atoms with van der Waals surface area (Å²) in [5.74, 6) is 0. The molecule has 2 unspecified atom stereocenters. The average Bonchev–Trinajstić information content (AvgIpc) is 3.02. The summed E-state index contributed by atoms with van der Waals surface area (Å²) in [5, 5.41) is 13.6. The molecule has 0 aliphatic heterocycles. The van der Waals surface area contributed by atoms with Crippen LogP contribution < -0.4 is 5.73 Å². The van der Waals surface area contributed by atoms with Gasteiger partial charge in [-0.25, -0.2) is 4.68 Å². The lowest BCUT2D eigenvalue weighted by molar-refractivity contribution is 0.422. The maximum absolute atomic E-state index is 6.10. The van der Waals surface area contributed by atoms with E-state index in [1.807, 2.05) is 4.68 Å². The Morgan fingerprint density at radius 2 is 1.94 bits per heavy atom. The maximum Gasteiger partial charge on any atom is 0.209 e. The Hall–Kier alpha value is -0.620. The van der Waals surface area contributed by atoms with Crippen LogP contribution in [-0.4, -0.2) is 31.5 Å². The molecule has 94 valence electrons. The van der Waals surface area contributed by atoms with Gasteiger partial charge in [-0.3, -0.25) is 0 Å². The van der Waals surface area contributed by atoms with E-state index in [-0.39, 0.29) is 0 Å². The molecule has 2 atom stereocenters. The van der Waals surface area contributed by atoms with E-state index in [1.54, 1.807) is 11.8 Å². The summed E-state index contributed by atoms with van der Waals surface area (Å²) in [5.41, 5.74) is 6.10. The van der Waals surface area contributed by atoms with Gasteiger partial charge in [0, 0.05) is 11.3 Å². The lowest BCUT2D eigenvalue weighted by Gasteiger charge is -2.16. The van der Waals surface area contributed by atoms with Crippen molar-refractivity contribution in [2.75, 3.05) is 0 Å². The summed E-state index contributed by atoms with van der Waals surface area (Å²) in [6, 6.07) is 0.832. The fraction of sp³-hybridized carbons (Fsp3) is 0.909. The van der Waals surface area contributed by atoms with Crippen LogP contribution in [0.2, 0.25) is 0 Å². The molecule has 0 spiro atoms. The first-order valence-electron chi connectivity index (χ1n) is 6.54. The third-order valence-electron chi connectivity index (χ3n) is 3.89. The summed E-state index contributed by atoms with van der Waals surface area (Å²) in [7, 11) is 0. The van der Waals surface area contributed by atoms with E-state index in [2.05, 4.69) is 15.5 Å². The maximum atomic E-state index is 6.10. The van der Waals surface area contributed by atoms with Crippen LogP contribution in [0, 0.1) is 0 Å². The number of thioether (sulfide) groups is 1. The van der Waals surface area contributed by atoms with Crippen LogP contribution in [0.25, 0.3) is 0 Å². The van der Waals surface area contributed by atoms with Crippen LogP contribution in [0.3, 0.4) is 0 Å². The Morgan fingerprint density at radius 1 is 1.12 bits per heavy atom. The van der Waals surface area contributed by atoms with Crippen LogP contribution in [0.5, 0.6) is 0 Å². The molecule has 0 aromatic carbocycles. The first-order chi connectivity index (χ1) is 8.34. The predicted octanol–water partition coefficient (Wildman–Crippen LogP) is 1.76. The van der Waals surface area contributed by atoms with E-state index in [1.165, 1.54) is 38.5 Å². The van der Waals surface area contributed by atoms with Gasteiger partial charge in [0.15, 0.2) is 0 Å². The van der Waals surface area contributed by atoms with Gasteiger partial charge >= 0.3 is 0 Å². The van der Waals surface area contributed by atoms with Gasteiger partial charge in [-0.1, -0.05) is 31.0 Å². The summed E-state index contributed by atoms with van der Waals surface area (Å²) < 4.78 is 2.03. The van der Waals surface area contributed by atoms with E-state index < -0.39 is 0 Å². The topological polar surface area (TPSA) is 69.6 Å². The highest BCUT2D eigenvalue weighted by Gasteiger charge is 2.28. The molecule has 2 saturated carbocycles. The highest BCUT2D eigenvalue weighted by molar-refractivity contribution is 7.99. The number of aromatic nitrogens is 4. The quantitative estimate of drug-likeness (QED) is 0.889. The fourth-order valence-electron chi connectivity index (χ4n) is 2.88. The van der Waals surface area contributed by atoms with Crippen LogP contribution >= 0.6 is 11.8 Å². The van der Waals surface area contributed by atoms with Gasteiger partial charge in [0.05, 0.1) is 6.04 Å². The Balaban J connectivity index is 1.72. The second kappa shape index (κ2) is 4.94. The van der Waals surface area contributed by atoms with Gasteiger partial charge in [-0.2, -0.15) is 0 Å². The van der Waals surface area contributed by atoms with Crippen molar-refractivity contribution < 1.29 is 0 Å². The molecule has 1 aromatic heterocycles. The van der Waals surface area contributed by atoms with Crippen LogP contribution in [0.1, 0.15) is 51.0 Å². The Kier molecular flexibility index (Phi) is 3.33. The second-order valence-corrected chi connectivity index (χ2v) is 6.30. The zero-order valence-electron chi connectivity index (χ0n) is 9.96. The average molecular weight is 253 g/mol. The van der Waals surface area contributed by atoms with Crippen molar-refractivity contribution in [1.82, 2.24) is 20.2 Å². The van der Waals surface area contributed by atoms with Crippen LogP contribution in [-0.2, 0) is 0 Å². The first-order valence-corrected chi connectivity index (χ1v) is 7.42. The fourth-order valence-corrected chi connectivity index (χ4v) is 4.12. The molecule has 0 radical (unpaired) electrons. The smallest absolute Gasteiger partial charge is 0.209 e. The predicted molar refractivity (Wildman–Crippen MR) is 66.8 cm³/mol. The second-order valence-electron chi connectivity index (χ2n) is 5.10. The number of nitrogens with two attached hydrogens (primary N) is 1. The van der Waals surface area contributed by atoms with Crippen molar-refractivity contribution in [1.29, 1.82) is 0 Å². The molecule has 2 N–H and O–H groups in total. The third-order valence-corrected chi connectivity index (χ3v) is 5.26. The molecule has 2 fully saturated rings. The molecule has 0 bridgehead atoms. The summed E-state index contributed by atoms with van der Waals surface area (Å²) in [4.78, 5) is 0. The lowest BCUT2D eigenvalue weighted by atomic mass is 10.3. The molecule has 2 aliphatic rings. The van der Waals surface area contributed by atoms with Crippen LogP contribution in [0.15, 0.2) is 5.16 Å². The molecular formula is C11H19N5S. The van der Waals surface area contributed by atoms with Crippen molar-refractivity contribution in [3.8, 4) is 0 Å². The summed E-state index contributed by atoms with van der Waals surface area (Å²) in [6.45, 7) is 0. The van der Waals surface area contributed by atoms with Crippen LogP contribution in [0.4, 0.5) is 0 Å². The van der Waals surface area contributed by atoms with Crippen molar-refractivity contribution in [2.24, 2.45) is 5.73 Å². The van der Waals surface area contributed by atoms with Crippen molar-refractivity contribution in [3.63, 3.8) is 0 Å². The number of tetrazole rings is 1. The first kappa shape index (κ1) is 11.5. The molecule has 17 heavy (non-hydrogen) atoms. The van der Waals surface area contributed by atoms with Gasteiger partial charge in [-0.05, 0) is 36.1 Å². The van der Waals surface area contributed by atoms with Gasteiger partial charge < -0.3 is 5.73 Å². The highest BCUT2D eigenvalue weighted by atomic mass is 32.2. The standard InChI is InChI=1S/C11H19N5S/c12-9-6-3-7-10(9)17-11-13-14-15-16(11)8-4-1-2-5-8/h8-10H,1-7,12H2. The zero-order chi connectivity index (χ0) is 11.7. The Morgan fingerprint density at radius 3 is 2.65 bits per heavy atom. The minimum atomic E-state index is 0.314. The summed E-state index contributed by atoms with van der Waals surface area (Å²) in [6.07, 6.45) is 8.62. The molecular weight excluding hydrogens is 234 g/mol. The minimum absolute atomic E-state index is 0.314. The normalized spacial score (nSPS) is 30.2. The van der Waals surface area contributed by atoms with Gasteiger partial charge in [0.1, 0.15) is 0 Å². The van der Waals surface area contributed by atoms with Crippen molar-refractivity contribution in [3.05, 3.63) is 0 Å².